The van der Waals surface area contributed by atoms with E-state index in [-0.39, 0.29) is 11.4 Å². The zero-order valence-electron chi connectivity index (χ0n) is 9.75. The molecule has 0 bridgehead atoms. The van der Waals surface area contributed by atoms with Crippen LogP contribution in [-0.2, 0) is 14.8 Å². The summed E-state index contributed by atoms with van der Waals surface area (Å²) in [5.74, 6) is -1.16. The van der Waals surface area contributed by atoms with Crippen molar-refractivity contribution in [1.82, 2.24) is 4.31 Å². The molecule has 1 N–H and O–H groups in total. The van der Waals surface area contributed by atoms with Crippen molar-refractivity contribution in [2.45, 2.75) is 18.7 Å². The molecule has 0 amide bonds. The normalized spacial score (nSPS) is 11.7. The molecule has 1 rings (SSSR count). The standard InChI is InChI=1S/C11H15NO4S/c1-3-12(8-11(13)14)17(15,16)10-6-4-9(2)5-7-10/h4-7H,3,8H2,1-2H3,(H,13,14). The highest BCUT2D eigenvalue weighted by atomic mass is 32.2. The molecule has 0 aromatic heterocycles. The number of aryl methyl sites for hydroxylation is 1. The third-order valence-corrected chi connectivity index (χ3v) is 4.26. The van der Waals surface area contributed by atoms with Gasteiger partial charge in [0.2, 0.25) is 10.0 Å². The van der Waals surface area contributed by atoms with Crippen molar-refractivity contribution in [3.05, 3.63) is 29.8 Å². The Labute approximate surface area is 101 Å². The number of sulfonamides is 1. The van der Waals surface area contributed by atoms with Crippen LogP contribution in [0.4, 0.5) is 0 Å². The van der Waals surface area contributed by atoms with Gasteiger partial charge in [0.15, 0.2) is 0 Å². The molecule has 17 heavy (non-hydrogen) atoms. The number of nitrogens with zero attached hydrogens (tertiary/aromatic N) is 1. The van der Waals surface area contributed by atoms with Crippen LogP contribution in [0.2, 0.25) is 0 Å². The molecule has 0 fully saturated rings. The van der Waals surface area contributed by atoms with Crippen LogP contribution in [0.5, 0.6) is 0 Å². The summed E-state index contributed by atoms with van der Waals surface area (Å²) in [4.78, 5) is 10.7. The number of carbonyl (C=O) groups is 1. The van der Waals surface area contributed by atoms with Crippen molar-refractivity contribution < 1.29 is 18.3 Å². The van der Waals surface area contributed by atoms with Crippen LogP contribution in [0.1, 0.15) is 12.5 Å². The molecule has 0 saturated carbocycles. The van der Waals surface area contributed by atoms with Crippen molar-refractivity contribution >= 4 is 16.0 Å². The van der Waals surface area contributed by atoms with Crippen molar-refractivity contribution in [2.75, 3.05) is 13.1 Å². The molecule has 0 unspecified atom stereocenters. The van der Waals surface area contributed by atoms with Crippen molar-refractivity contribution in [3.63, 3.8) is 0 Å². The SMILES string of the molecule is CCN(CC(=O)O)S(=O)(=O)c1ccc(C)cc1. The predicted octanol–water partition coefficient (Wildman–Crippen LogP) is 1.09. The molecule has 0 aliphatic carbocycles. The van der Waals surface area contributed by atoms with Gasteiger partial charge in [0.25, 0.3) is 0 Å². The first kappa shape index (κ1) is 13.7. The minimum Gasteiger partial charge on any atom is -0.480 e. The number of aliphatic carboxylic acids is 1. The van der Waals surface area contributed by atoms with E-state index < -0.39 is 22.5 Å². The molecule has 0 atom stereocenters. The highest BCUT2D eigenvalue weighted by Gasteiger charge is 2.24. The first-order valence-electron chi connectivity index (χ1n) is 5.16. The van der Waals surface area contributed by atoms with E-state index in [1.165, 1.54) is 12.1 Å². The van der Waals surface area contributed by atoms with Crippen molar-refractivity contribution in [3.8, 4) is 0 Å². The maximum absolute atomic E-state index is 12.1. The Kier molecular flexibility index (Phi) is 4.25. The molecule has 0 spiro atoms. The summed E-state index contributed by atoms with van der Waals surface area (Å²) in [6.45, 7) is 3.06. The van der Waals surface area contributed by atoms with Crippen LogP contribution in [-0.4, -0.2) is 36.9 Å². The first-order valence-corrected chi connectivity index (χ1v) is 6.60. The van der Waals surface area contributed by atoms with E-state index in [0.29, 0.717) is 0 Å². The number of rotatable bonds is 5. The van der Waals surface area contributed by atoms with E-state index in [0.717, 1.165) is 9.87 Å². The Bertz CT molecular complexity index is 493. The Hall–Kier alpha value is -1.40. The fourth-order valence-corrected chi connectivity index (χ4v) is 2.78. The lowest BCUT2D eigenvalue weighted by molar-refractivity contribution is -0.137. The number of hydrogen-bond donors (Lipinski definition) is 1. The molecule has 0 radical (unpaired) electrons. The van der Waals surface area contributed by atoms with Gasteiger partial charge in [0, 0.05) is 6.54 Å². The van der Waals surface area contributed by atoms with Crippen LogP contribution >= 0.6 is 0 Å². The Morgan fingerprint density at radius 3 is 2.24 bits per heavy atom. The zero-order valence-corrected chi connectivity index (χ0v) is 10.6. The van der Waals surface area contributed by atoms with Crippen LogP contribution in [0.15, 0.2) is 29.2 Å². The minimum atomic E-state index is -3.71. The lowest BCUT2D eigenvalue weighted by Crippen LogP contribution is -2.35. The summed E-state index contributed by atoms with van der Waals surface area (Å²) in [5.41, 5.74) is 0.949. The second-order valence-electron chi connectivity index (χ2n) is 3.64. The average Bonchev–Trinajstić information content (AvgIpc) is 2.26. The van der Waals surface area contributed by atoms with Gasteiger partial charge in [-0.3, -0.25) is 4.79 Å². The molecule has 0 heterocycles. The van der Waals surface area contributed by atoms with Crippen LogP contribution in [0.25, 0.3) is 0 Å². The first-order chi connectivity index (χ1) is 7.87. The lowest BCUT2D eigenvalue weighted by atomic mass is 10.2. The fourth-order valence-electron chi connectivity index (χ4n) is 1.38. The van der Waals surface area contributed by atoms with E-state index in [9.17, 15) is 13.2 Å². The number of benzene rings is 1. The molecule has 94 valence electrons. The molecule has 5 nitrogen and oxygen atoms in total. The van der Waals surface area contributed by atoms with Gasteiger partial charge in [0.1, 0.15) is 6.54 Å². The van der Waals surface area contributed by atoms with Gasteiger partial charge in [-0.1, -0.05) is 24.6 Å². The number of carboxylic acid groups (broad SMARTS) is 1. The van der Waals surface area contributed by atoms with Crippen LogP contribution in [0, 0.1) is 6.92 Å². The Morgan fingerprint density at radius 1 is 1.29 bits per heavy atom. The molecule has 1 aromatic carbocycles. The van der Waals surface area contributed by atoms with E-state index in [4.69, 9.17) is 5.11 Å². The fraction of sp³-hybridized carbons (Fsp3) is 0.364. The van der Waals surface area contributed by atoms with Crippen LogP contribution in [0.3, 0.4) is 0 Å². The summed E-state index contributed by atoms with van der Waals surface area (Å²) >= 11 is 0. The maximum atomic E-state index is 12.1. The zero-order chi connectivity index (χ0) is 13.1. The van der Waals surface area contributed by atoms with E-state index in [1.807, 2.05) is 6.92 Å². The van der Waals surface area contributed by atoms with Crippen LogP contribution < -0.4 is 0 Å². The maximum Gasteiger partial charge on any atom is 0.318 e. The van der Waals surface area contributed by atoms with Gasteiger partial charge in [0.05, 0.1) is 4.90 Å². The van der Waals surface area contributed by atoms with E-state index in [2.05, 4.69) is 0 Å². The molecule has 6 heteroatoms. The number of carboxylic acids is 1. The topological polar surface area (TPSA) is 74.7 Å². The second kappa shape index (κ2) is 5.29. The average molecular weight is 257 g/mol. The third kappa shape index (κ3) is 3.28. The molecule has 1 aromatic rings. The summed E-state index contributed by atoms with van der Waals surface area (Å²) in [7, 11) is -3.71. The van der Waals surface area contributed by atoms with E-state index in [1.54, 1.807) is 19.1 Å². The monoisotopic (exact) mass is 257 g/mol. The van der Waals surface area contributed by atoms with Gasteiger partial charge in [-0.2, -0.15) is 4.31 Å². The summed E-state index contributed by atoms with van der Waals surface area (Å²) < 4.78 is 25.1. The highest BCUT2D eigenvalue weighted by Crippen LogP contribution is 2.15. The van der Waals surface area contributed by atoms with E-state index >= 15 is 0 Å². The predicted molar refractivity (Wildman–Crippen MR) is 63.2 cm³/mol. The third-order valence-electron chi connectivity index (χ3n) is 2.32. The van der Waals surface area contributed by atoms with Crippen molar-refractivity contribution in [2.24, 2.45) is 0 Å². The van der Waals surface area contributed by atoms with Crippen molar-refractivity contribution in [1.29, 1.82) is 0 Å². The molecule has 0 aliphatic heterocycles. The van der Waals surface area contributed by atoms with Gasteiger partial charge in [-0.05, 0) is 19.1 Å². The second-order valence-corrected chi connectivity index (χ2v) is 5.58. The number of likely N-dealkylation sites (N-methyl/N-ethyl adjacent to an activating group) is 1. The Morgan fingerprint density at radius 2 is 1.82 bits per heavy atom. The van der Waals surface area contributed by atoms with Gasteiger partial charge in [-0.25, -0.2) is 8.42 Å². The quantitative estimate of drug-likeness (QED) is 0.856. The minimum absolute atomic E-state index is 0.117. The summed E-state index contributed by atoms with van der Waals surface area (Å²) in [6.07, 6.45) is 0. The lowest BCUT2D eigenvalue weighted by Gasteiger charge is -2.18. The Balaban J connectivity index is 3.08. The van der Waals surface area contributed by atoms with Gasteiger partial charge >= 0.3 is 5.97 Å². The van der Waals surface area contributed by atoms with Gasteiger partial charge in [-0.15, -0.1) is 0 Å². The summed E-state index contributed by atoms with van der Waals surface area (Å²) in [5, 5.41) is 8.66. The van der Waals surface area contributed by atoms with Gasteiger partial charge < -0.3 is 5.11 Å². The highest BCUT2D eigenvalue weighted by molar-refractivity contribution is 7.89. The molecular weight excluding hydrogens is 242 g/mol. The molecular formula is C11H15NO4S. The largest absolute Gasteiger partial charge is 0.480 e. The smallest absolute Gasteiger partial charge is 0.318 e. The summed E-state index contributed by atoms with van der Waals surface area (Å²) in [6, 6.07) is 6.33. The molecule has 0 aliphatic rings. The number of hydrogen-bond acceptors (Lipinski definition) is 3. The molecule has 0 saturated heterocycles.